The minimum absolute atomic E-state index is 0.174. The molecule has 0 fully saturated rings. The van der Waals surface area contributed by atoms with E-state index < -0.39 is 11.8 Å². The minimum Gasteiger partial charge on any atom is -0.456 e. The quantitative estimate of drug-likeness (QED) is 0.164. The van der Waals surface area contributed by atoms with Crippen molar-refractivity contribution in [2.45, 2.75) is 20.4 Å². The lowest BCUT2D eigenvalue weighted by atomic mass is 10.0. The first-order chi connectivity index (χ1) is 19.7. The molecule has 0 aliphatic rings. The van der Waals surface area contributed by atoms with Crippen LogP contribution in [0, 0.1) is 19.7 Å². The molecule has 2 heterocycles. The van der Waals surface area contributed by atoms with Crippen LogP contribution in [-0.4, -0.2) is 26.6 Å². The Hall–Kier alpha value is -5.22. The van der Waals surface area contributed by atoms with E-state index >= 15 is 0 Å². The molecule has 4 N–H and O–H groups in total. The van der Waals surface area contributed by atoms with Crippen molar-refractivity contribution in [2.75, 3.05) is 0 Å². The second-order valence-electron chi connectivity index (χ2n) is 9.72. The fraction of sp³-hybridized carbons (Fsp3) is 0.129. The highest BCUT2D eigenvalue weighted by molar-refractivity contribution is 6.03. The van der Waals surface area contributed by atoms with Gasteiger partial charge in [-0.15, -0.1) is 0 Å². The molecule has 0 aliphatic carbocycles. The summed E-state index contributed by atoms with van der Waals surface area (Å²) in [6.07, 6.45) is 1.69. The number of amides is 2. The van der Waals surface area contributed by atoms with Crippen molar-refractivity contribution in [2.24, 2.45) is 7.05 Å². The van der Waals surface area contributed by atoms with Gasteiger partial charge in [0.25, 0.3) is 17.4 Å². The van der Waals surface area contributed by atoms with Crippen LogP contribution in [0.5, 0.6) is 11.5 Å². The van der Waals surface area contributed by atoms with E-state index in [0.29, 0.717) is 39.1 Å². The van der Waals surface area contributed by atoms with Crippen LogP contribution in [0.1, 0.15) is 37.5 Å². The fourth-order valence-electron chi connectivity index (χ4n) is 4.73. The van der Waals surface area contributed by atoms with Crippen LogP contribution < -0.4 is 21.1 Å². The molecular weight excluding hydrogens is 527 g/mol. The number of nitrogens with zero attached hydrogens (tertiary/aromatic N) is 1. The predicted octanol–water partition coefficient (Wildman–Crippen LogP) is 5.13. The number of nitrogens with one attached hydrogen (secondary N) is 3. The summed E-state index contributed by atoms with van der Waals surface area (Å²) in [5.74, 6) is -0.348. The molecule has 2 aromatic heterocycles. The average molecular weight is 555 g/mol. The van der Waals surface area contributed by atoms with Crippen molar-refractivity contribution in [1.82, 2.24) is 20.3 Å². The van der Waals surface area contributed by atoms with Crippen LogP contribution in [0.2, 0.25) is 0 Å². The summed E-state index contributed by atoms with van der Waals surface area (Å²) in [6.45, 7) is 3.72. The van der Waals surface area contributed by atoms with Crippen LogP contribution in [0.15, 0.2) is 77.7 Å². The number of rotatable bonds is 7. The monoisotopic (exact) mass is 554 g/mol. The van der Waals surface area contributed by atoms with Gasteiger partial charge in [0.05, 0.1) is 0 Å². The standard InChI is InChI=1S/C31H27FN4O5/c1-17-12-21(32)13-18(2)28(17)41-26-7-5-4-6-22(26)24-16-36(3)31(39)27-23(24)14-25(34-27)30(38)33-15-19-8-10-20(11-9-19)29(37)35-40/h4-14,16,34,40H,15H2,1-3H3,(H,33,38)(H,35,37). The summed E-state index contributed by atoms with van der Waals surface area (Å²) in [7, 11) is 1.63. The van der Waals surface area contributed by atoms with Gasteiger partial charge in [0.1, 0.15) is 28.5 Å². The normalized spacial score (nSPS) is 11.0. The third-order valence-electron chi connectivity index (χ3n) is 6.79. The van der Waals surface area contributed by atoms with Gasteiger partial charge in [-0.25, -0.2) is 9.87 Å². The topological polar surface area (TPSA) is 125 Å². The Morgan fingerprint density at radius 2 is 1.66 bits per heavy atom. The van der Waals surface area contributed by atoms with Crippen molar-refractivity contribution in [3.63, 3.8) is 0 Å². The molecule has 0 bridgehead atoms. The highest BCUT2D eigenvalue weighted by Crippen LogP contribution is 2.38. The van der Waals surface area contributed by atoms with Crippen molar-refractivity contribution in [3.05, 3.63) is 117 Å². The zero-order valence-electron chi connectivity index (χ0n) is 22.5. The Morgan fingerprint density at radius 1 is 0.976 bits per heavy atom. The SMILES string of the molecule is Cc1cc(F)cc(C)c1Oc1ccccc1-c1cn(C)c(=O)c2[nH]c(C(=O)NCc3ccc(C(=O)NO)cc3)cc12. The minimum atomic E-state index is -0.633. The van der Waals surface area contributed by atoms with Crippen LogP contribution in [-0.2, 0) is 13.6 Å². The average Bonchev–Trinajstić information content (AvgIpc) is 3.42. The van der Waals surface area contributed by atoms with Crippen LogP contribution in [0.3, 0.4) is 0 Å². The number of carbonyl (C=O) groups is 2. The Kier molecular flexibility index (Phi) is 7.41. The van der Waals surface area contributed by atoms with E-state index in [-0.39, 0.29) is 34.7 Å². The Bertz CT molecular complexity index is 1830. The molecule has 0 aliphatic heterocycles. The van der Waals surface area contributed by atoms with E-state index in [2.05, 4.69) is 10.3 Å². The number of para-hydroxylation sites is 1. The van der Waals surface area contributed by atoms with Crippen molar-refractivity contribution in [1.29, 1.82) is 0 Å². The highest BCUT2D eigenvalue weighted by atomic mass is 19.1. The summed E-state index contributed by atoms with van der Waals surface area (Å²) in [5, 5.41) is 12.1. The summed E-state index contributed by atoms with van der Waals surface area (Å²) in [5.41, 5.74) is 5.39. The summed E-state index contributed by atoms with van der Waals surface area (Å²) in [4.78, 5) is 40.6. The molecule has 41 heavy (non-hydrogen) atoms. The van der Waals surface area contributed by atoms with Gasteiger partial charge in [0.2, 0.25) is 0 Å². The molecule has 0 spiro atoms. The van der Waals surface area contributed by atoms with E-state index in [9.17, 15) is 18.8 Å². The Morgan fingerprint density at radius 3 is 2.34 bits per heavy atom. The first-order valence-electron chi connectivity index (χ1n) is 12.7. The lowest BCUT2D eigenvalue weighted by molar-refractivity contribution is 0.0706. The number of hydroxylamine groups is 1. The lowest BCUT2D eigenvalue weighted by Crippen LogP contribution is -2.23. The molecule has 5 rings (SSSR count). The summed E-state index contributed by atoms with van der Waals surface area (Å²) in [6, 6.07) is 18.1. The number of hydrogen-bond acceptors (Lipinski definition) is 5. The third kappa shape index (κ3) is 5.45. The maximum absolute atomic E-state index is 13.9. The number of fused-ring (bicyclic) bond motifs is 1. The van der Waals surface area contributed by atoms with Gasteiger partial charge in [-0.3, -0.25) is 19.6 Å². The summed E-state index contributed by atoms with van der Waals surface area (Å²) < 4.78 is 21.6. The molecule has 10 heteroatoms. The molecule has 0 atom stereocenters. The van der Waals surface area contributed by atoms with Gasteiger partial charge < -0.3 is 19.6 Å². The van der Waals surface area contributed by atoms with Gasteiger partial charge in [-0.05, 0) is 66.9 Å². The zero-order chi connectivity index (χ0) is 29.3. The number of aromatic amines is 1. The second kappa shape index (κ2) is 11.1. The smallest absolute Gasteiger partial charge is 0.274 e. The Balaban J connectivity index is 1.48. The number of aryl methyl sites for hydroxylation is 3. The number of hydrogen-bond donors (Lipinski definition) is 4. The van der Waals surface area contributed by atoms with Crippen molar-refractivity contribution in [3.8, 4) is 22.6 Å². The maximum Gasteiger partial charge on any atom is 0.274 e. The van der Waals surface area contributed by atoms with E-state index in [1.165, 1.54) is 28.8 Å². The largest absolute Gasteiger partial charge is 0.456 e. The molecule has 0 unspecified atom stereocenters. The molecule has 9 nitrogen and oxygen atoms in total. The number of halogens is 1. The number of ether oxygens (including phenoxy) is 1. The number of pyridine rings is 1. The third-order valence-corrected chi connectivity index (χ3v) is 6.79. The van der Waals surface area contributed by atoms with Gasteiger partial charge in [-0.1, -0.05) is 30.3 Å². The second-order valence-corrected chi connectivity index (χ2v) is 9.72. The molecular formula is C31H27FN4O5. The zero-order valence-corrected chi connectivity index (χ0v) is 22.5. The van der Waals surface area contributed by atoms with Crippen molar-refractivity contribution >= 4 is 22.7 Å². The highest BCUT2D eigenvalue weighted by Gasteiger charge is 2.19. The maximum atomic E-state index is 13.9. The number of carbonyl (C=O) groups excluding carboxylic acids is 2. The van der Waals surface area contributed by atoms with Crippen LogP contribution in [0.4, 0.5) is 4.39 Å². The Labute approximate surface area is 234 Å². The van der Waals surface area contributed by atoms with E-state index in [1.54, 1.807) is 56.8 Å². The number of H-pyrrole nitrogens is 1. The van der Waals surface area contributed by atoms with E-state index in [1.807, 2.05) is 18.2 Å². The molecule has 3 aromatic carbocycles. The number of aromatic nitrogens is 2. The first kappa shape index (κ1) is 27.4. The molecule has 0 saturated heterocycles. The molecule has 0 radical (unpaired) electrons. The summed E-state index contributed by atoms with van der Waals surface area (Å²) >= 11 is 0. The van der Waals surface area contributed by atoms with Gasteiger partial charge in [0, 0.05) is 41.9 Å². The fourth-order valence-corrected chi connectivity index (χ4v) is 4.73. The molecule has 0 saturated carbocycles. The first-order valence-corrected chi connectivity index (χ1v) is 12.7. The number of benzene rings is 3. The van der Waals surface area contributed by atoms with E-state index in [0.717, 1.165) is 5.56 Å². The molecule has 2 amide bonds. The van der Waals surface area contributed by atoms with Gasteiger partial charge >= 0.3 is 0 Å². The van der Waals surface area contributed by atoms with Crippen LogP contribution >= 0.6 is 0 Å². The van der Waals surface area contributed by atoms with Crippen LogP contribution in [0.25, 0.3) is 22.0 Å². The predicted molar refractivity (Wildman–Crippen MR) is 152 cm³/mol. The lowest BCUT2D eigenvalue weighted by Gasteiger charge is -2.16. The molecule has 208 valence electrons. The van der Waals surface area contributed by atoms with E-state index in [4.69, 9.17) is 9.94 Å². The van der Waals surface area contributed by atoms with Gasteiger partial charge in [0.15, 0.2) is 0 Å². The molecule has 5 aromatic rings. The van der Waals surface area contributed by atoms with Crippen molar-refractivity contribution < 1.29 is 23.9 Å². The van der Waals surface area contributed by atoms with Gasteiger partial charge in [-0.2, -0.15) is 0 Å².